The van der Waals surface area contributed by atoms with Crippen molar-refractivity contribution in [3.8, 4) is 40.0 Å². The summed E-state index contributed by atoms with van der Waals surface area (Å²) in [5.74, 6) is 2.49. The molecule has 6 aromatic rings. The number of para-hydroxylation sites is 1. The van der Waals surface area contributed by atoms with Crippen LogP contribution in [0.5, 0.6) is 28.7 Å². The predicted octanol–water partition coefficient (Wildman–Crippen LogP) is 9.18. The van der Waals surface area contributed by atoms with Crippen molar-refractivity contribution in [2.24, 2.45) is 0 Å². The summed E-state index contributed by atoms with van der Waals surface area (Å²) in [5.41, 5.74) is 5.45. The number of esters is 1. The number of nitrogens with zero attached hydrogens (tertiary/aromatic N) is 2. The van der Waals surface area contributed by atoms with E-state index in [0.29, 0.717) is 91.0 Å². The molecule has 1 amide bonds. The molecular formula is C47H48N2O8. The smallest absolute Gasteiger partial charge is 0.339 e. The fourth-order valence-electron chi connectivity index (χ4n) is 7.50. The Morgan fingerprint density at radius 2 is 1.40 bits per heavy atom. The third-order valence-electron chi connectivity index (χ3n) is 10.1. The largest absolute Gasteiger partial charge is 0.497 e. The van der Waals surface area contributed by atoms with Gasteiger partial charge in [0.15, 0.2) is 29.6 Å². The second-order valence-corrected chi connectivity index (χ2v) is 13.6. The Hall–Kier alpha value is -6.29. The Morgan fingerprint density at radius 3 is 2.16 bits per heavy atom. The summed E-state index contributed by atoms with van der Waals surface area (Å²) in [5, 5.41) is 2.68. The summed E-state index contributed by atoms with van der Waals surface area (Å²) in [7, 11) is 1.64. The fraction of sp³-hybridized carbons (Fsp3) is 0.298. The molecule has 0 N–H and O–H groups in total. The Labute approximate surface area is 333 Å². The van der Waals surface area contributed by atoms with Gasteiger partial charge in [-0.1, -0.05) is 42.5 Å². The Bertz CT molecular complexity index is 2410. The Kier molecular flexibility index (Phi) is 12.1. The average Bonchev–Trinajstić information content (AvgIpc) is 3.23. The average molecular weight is 769 g/mol. The number of methoxy groups -OCH3 is 1. The third-order valence-corrected chi connectivity index (χ3v) is 10.1. The molecular weight excluding hydrogens is 721 g/mol. The van der Waals surface area contributed by atoms with Crippen LogP contribution in [0.4, 0.5) is 0 Å². The SMILES string of the molecule is CCOc1ccc(CC2c3cc(OCC)c(OCC)cc3CCN2C(=O)COC(=O)c2cc(-c3ccc4cc(OC)ccc4c3)nc3ccccc23)cc1OCC. The molecule has 0 saturated carbocycles. The maximum atomic E-state index is 14.3. The summed E-state index contributed by atoms with van der Waals surface area (Å²) < 4.78 is 35.0. The fourth-order valence-corrected chi connectivity index (χ4v) is 7.50. The lowest BCUT2D eigenvalue weighted by atomic mass is 9.88. The summed E-state index contributed by atoms with van der Waals surface area (Å²) in [6.45, 7) is 9.69. The first-order valence-electron chi connectivity index (χ1n) is 19.6. The van der Waals surface area contributed by atoms with Gasteiger partial charge in [0, 0.05) is 17.5 Å². The molecule has 0 saturated heterocycles. The number of pyridine rings is 1. The molecule has 1 aliphatic rings. The first-order valence-corrected chi connectivity index (χ1v) is 19.6. The van der Waals surface area contributed by atoms with E-state index in [2.05, 4.69) is 0 Å². The lowest BCUT2D eigenvalue weighted by molar-refractivity contribution is -0.137. The van der Waals surface area contributed by atoms with Crippen LogP contribution in [0.2, 0.25) is 0 Å². The van der Waals surface area contributed by atoms with Crippen LogP contribution in [0.15, 0.2) is 97.1 Å². The highest BCUT2D eigenvalue weighted by Gasteiger charge is 2.33. The number of hydrogen-bond acceptors (Lipinski definition) is 9. The molecule has 0 spiro atoms. The number of carbonyl (C=O) groups is 2. The molecule has 0 aliphatic carbocycles. The highest BCUT2D eigenvalue weighted by molar-refractivity contribution is 6.05. The minimum atomic E-state index is -0.601. The van der Waals surface area contributed by atoms with E-state index in [9.17, 15) is 9.59 Å². The Morgan fingerprint density at radius 1 is 0.719 bits per heavy atom. The highest BCUT2D eigenvalue weighted by Crippen LogP contribution is 2.41. The van der Waals surface area contributed by atoms with Gasteiger partial charge in [0.05, 0.1) is 56.4 Å². The zero-order valence-corrected chi connectivity index (χ0v) is 33.1. The third kappa shape index (κ3) is 8.45. The van der Waals surface area contributed by atoms with Gasteiger partial charge in [-0.25, -0.2) is 9.78 Å². The maximum Gasteiger partial charge on any atom is 0.339 e. The van der Waals surface area contributed by atoms with Crippen LogP contribution in [0.1, 0.15) is 60.8 Å². The predicted molar refractivity (Wildman–Crippen MR) is 221 cm³/mol. The molecule has 10 heteroatoms. The van der Waals surface area contributed by atoms with Gasteiger partial charge in [-0.05, 0) is 123 Å². The van der Waals surface area contributed by atoms with Gasteiger partial charge >= 0.3 is 5.97 Å². The highest BCUT2D eigenvalue weighted by atomic mass is 16.5. The van der Waals surface area contributed by atoms with E-state index in [1.807, 2.05) is 124 Å². The number of aromatic nitrogens is 1. The molecule has 0 radical (unpaired) electrons. The first-order chi connectivity index (χ1) is 27.8. The molecule has 5 aromatic carbocycles. The zero-order valence-electron chi connectivity index (χ0n) is 33.1. The normalized spacial score (nSPS) is 13.6. The van der Waals surface area contributed by atoms with Crippen molar-refractivity contribution < 1.29 is 38.0 Å². The second-order valence-electron chi connectivity index (χ2n) is 13.6. The van der Waals surface area contributed by atoms with Crippen LogP contribution in [0.25, 0.3) is 32.9 Å². The van der Waals surface area contributed by atoms with Gasteiger partial charge in [0.25, 0.3) is 5.91 Å². The minimum absolute atomic E-state index is 0.301. The van der Waals surface area contributed by atoms with Gasteiger partial charge in [-0.3, -0.25) is 4.79 Å². The lowest BCUT2D eigenvalue weighted by Crippen LogP contribution is -2.43. The van der Waals surface area contributed by atoms with E-state index >= 15 is 0 Å². The quantitative estimate of drug-likeness (QED) is 0.0946. The zero-order chi connectivity index (χ0) is 39.9. The molecule has 294 valence electrons. The van der Waals surface area contributed by atoms with Gasteiger partial charge < -0.3 is 33.3 Å². The van der Waals surface area contributed by atoms with Crippen LogP contribution in [-0.2, 0) is 22.4 Å². The second kappa shape index (κ2) is 17.7. The van der Waals surface area contributed by atoms with Crippen molar-refractivity contribution >= 4 is 33.6 Å². The molecule has 1 unspecified atom stereocenters. The summed E-state index contributed by atoms with van der Waals surface area (Å²) >= 11 is 0. The monoisotopic (exact) mass is 768 g/mol. The number of benzene rings is 5. The van der Waals surface area contributed by atoms with E-state index in [1.165, 1.54) is 0 Å². The molecule has 1 aromatic heterocycles. The van der Waals surface area contributed by atoms with Crippen molar-refractivity contribution in [2.75, 3.05) is 46.7 Å². The molecule has 2 heterocycles. The first kappa shape index (κ1) is 39.0. The molecule has 0 bridgehead atoms. The molecule has 1 atom stereocenters. The molecule has 10 nitrogen and oxygen atoms in total. The van der Waals surface area contributed by atoms with E-state index in [1.54, 1.807) is 13.2 Å². The van der Waals surface area contributed by atoms with Crippen molar-refractivity contribution in [2.45, 2.75) is 46.6 Å². The van der Waals surface area contributed by atoms with Gasteiger partial charge in [-0.2, -0.15) is 0 Å². The van der Waals surface area contributed by atoms with E-state index in [0.717, 1.165) is 38.8 Å². The van der Waals surface area contributed by atoms with Crippen molar-refractivity contribution in [3.63, 3.8) is 0 Å². The Balaban J connectivity index is 1.18. The standard InChI is InChI=1S/C47H48N2O8/c1-6-53-42-19-14-30(23-43(42)54-7-2)22-41-37-28-45(56-9-4)44(55-8-3)26-33(37)20-21-49(41)46(50)29-57-47(51)38-27-40(48-39-13-11-10-12-36(38)39)34-16-15-32-25-35(52-5)18-17-31(32)24-34/h10-19,23-28,41H,6-9,20-22,29H2,1-5H3. The topological polar surface area (TPSA) is 106 Å². The molecule has 0 fully saturated rings. The molecule has 7 rings (SSSR count). The lowest BCUT2D eigenvalue weighted by Gasteiger charge is -2.38. The van der Waals surface area contributed by atoms with Crippen LogP contribution in [0.3, 0.4) is 0 Å². The van der Waals surface area contributed by atoms with E-state index < -0.39 is 12.6 Å². The number of carbonyl (C=O) groups excluding carboxylic acids is 2. The van der Waals surface area contributed by atoms with Crippen LogP contribution >= 0.6 is 0 Å². The number of amides is 1. The van der Waals surface area contributed by atoms with Gasteiger partial charge in [0.1, 0.15) is 5.75 Å². The summed E-state index contributed by atoms with van der Waals surface area (Å²) in [4.78, 5) is 35.0. The van der Waals surface area contributed by atoms with Gasteiger partial charge in [0.2, 0.25) is 0 Å². The summed E-state index contributed by atoms with van der Waals surface area (Å²) in [6, 6.07) is 30.6. The molecule has 1 aliphatic heterocycles. The van der Waals surface area contributed by atoms with Crippen molar-refractivity contribution in [1.29, 1.82) is 0 Å². The number of rotatable bonds is 15. The van der Waals surface area contributed by atoms with Crippen molar-refractivity contribution in [1.82, 2.24) is 9.88 Å². The van der Waals surface area contributed by atoms with Crippen LogP contribution in [-0.4, -0.2) is 68.4 Å². The van der Waals surface area contributed by atoms with Crippen LogP contribution < -0.4 is 23.7 Å². The summed E-state index contributed by atoms with van der Waals surface area (Å²) in [6.07, 6.45) is 1.08. The molecule has 57 heavy (non-hydrogen) atoms. The van der Waals surface area contributed by atoms with E-state index in [-0.39, 0.29) is 11.9 Å². The number of fused-ring (bicyclic) bond motifs is 3. The van der Waals surface area contributed by atoms with Crippen molar-refractivity contribution in [3.05, 3.63) is 119 Å². The van der Waals surface area contributed by atoms with E-state index in [4.69, 9.17) is 33.4 Å². The number of hydrogen-bond donors (Lipinski definition) is 0. The number of ether oxygens (including phenoxy) is 6. The maximum absolute atomic E-state index is 14.3. The van der Waals surface area contributed by atoms with Gasteiger partial charge in [-0.15, -0.1) is 0 Å². The van der Waals surface area contributed by atoms with Crippen LogP contribution in [0, 0.1) is 0 Å². The minimum Gasteiger partial charge on any atom is -0.497 e.